The highest BCUT2D eigenvalue weighted by Crippen LogP contribution is 2.37. The highest BCUT2D eigenvalue weighted by atomic mass is 14.9. The average molecular weight is 487 g/mol. The van der Waals surface area contributed by atoms with Gasteiger partial charge in [-0.2, -0.15) is 0 Å². The molecule has 0 fully saturated rings. The van der Waals surface area contributed by atoms with E-state index < -0.39 is 0 Å². The number of allylic oxidation sites excluding steroid dienone is 1. The van der Waals surface area contributed by atoms with E-state index in [0.717, 1.165) is 38.9 Å². The second-order valence-corrected chi connectivity index (χ2v) is 9.79. The third-order valence-corrected chi connectivity index (χ3v) is 7.56. The molecule has 6 aromatic carbocycles. The summed E-state index contributed by atoms with van der Waals surface area (Å²) in [5, 5.41) is 8.39. The summed E-state index contributed by atoms with van der Waals surface area (Å²) in [4.78, 5) is 10.4. The summed E-state index contributed by atoms with van der Waals surface area (Å²) in [7, 11) is 0. The number of aromatic nitrogens is 2. The zero-order chi connectivity index (χ0) is 25.6. The van der Waals surface area contributed by atoms with Crippen LogP contribution in [0.1, 0.15) is 18.1 Å². The number of benzene rings is 6. The van der Waals surface area contributed by atoms with Crippen LogP contribution >= 0.6 is 0 Å². The molecule has 1 heterocycles. The first kappa shape index (κ1) is 22.4. The molecular weight excluding hydrogens is 460 g/mol. The molecule has 38 heavy (non-hydrogen) atoms. The van der Waals surface area contributed by atoms with Gasteiger partial charge in [0.1, 0.15) is 0 Å². The summed E-state index contributed by atoms with van der Waals surface area (Å²) in [6, 6.07) is 38.6. The van der Waals surface area contributed by atoms with Gasteiger partial charge in [-0.1, -0.05) is 109 Å². The third-order valence-electron chi connectivity index (χ3n) is 7.56. The molecule has 0 radical (unpaired) electrons. The first-order valence-electron chi connectivity index (χ1n) is 13.1. The Kier molecular flexibility index (Phi) is 5.26. The van der Waals surface area contributed by atoms with Gasteiger partial charge >= 0.3 is 0 Å². The largest absolute Gasteiger partial charge is 0.227 e. The molecule has 2 nitrogen and oxygen atoms in total. The number of rotatable bonds is 3. The van der Waals surface area contributed by atoms with Gasteiger partial charge in [0, 0.05) is 21.9 Å². The van der Waals surface area contributed by atoms with Crippen LogP contribution in [-0.2, 0) is 0 Å². The molecule has 0 aliphatic heterocycles. The van der Waals surface area contributed by atoms with Crippen LogP contribution in [0.25, 0.3) is 71.9 Å². The molecule has 0 aliphatic rings. The third kappa shape index (κ3) is 3.49. The van der Waals surface area contributed by atoms with E-state index in [1.807, 2.05) is 6.07 Å². The highest BCUT2D eigenvalue weighted by Gasteiger charge is 2.16. The van der Waals surface area contributed by atoms with E-state index in [0.29, 0.717) is 0 Å². The molecule has 0 saturated heterocycles. The zero-order valence-corrected chi connectivity index (χ0v) is 21.4. The Bertz CT molecular complexity index is 2040. The normalized spacial score (nSPS) is 11.8. The Hall–Kier alpha value is -4.82. The van der Waals surface area contributed by atoms with Crippen LogP contribution in [0, 0.1) is 6.92 Å². The van der Waals surface area contributed by atoms with E-state index in [1.165, 1.54) is 38.1 Å². The van der Waals surface area contributed by atoms with Crippen molar-refractivity contribution in [3.63, 3.8) is 0 Å². The second kappa shape index (κ2) is 8.93. The molecule has 1 aromatic heterocycles. The zero-order valence-electron chi connectivity index (χ0n) is 21.4. The maximum Gasteiger partial charge on any atom is 0.160 e. The Morgan fingerprint density at radius 2 is 1.26 bits per heavy atom. The van der Waals surface area contributed by atoms with Crippen LogP contribution in [0.3, 0.4) is 0 Å². The summed E-state index contributed by atoms with van der Waals surface area (Å²) >= 11 is 0. The van der Waals surface area contributed by atoms with Crippen molar-refractivity contribution >= 4 is 49.3 Å². The van der Waals surface area contributed by atoms with E-state index in [-0.39, 0.29) is 0 Å². The molecule has 0 amide bonds. The molecule has 7 rings (SSSR count). The quantitative estimate of drug-likeness (QED) is 0.232. The molecule has 0 unspecified atom stereocenters. The number of hydrogen-bond donors (Lipinski definition) is 0. The van der Waals surface area contributed by atoms with Gasteiger partial charge in [0.2, 0.25) is 0 Å². The lowest BCUT2D eigenvalue weighted by molar-refractivity contribution is 1.24. The number of aryl methyl sites for hydroxylation is 1. The van der Waals surface area contributed by atoms with Crippen molar-refractivity contribution in [3.05, 3.63) is 126 Å². The van der Waals surface area contributed by atoms with Gasteiger partial charge in [-0.3, -0.25) is 0 Å². The van der Waals surface area contributed by atoms with Gasteiger partial charge in [-0.05, 0) is 64.0 Å². The fourth-order valence-electron chi connectivity index (χ4n) is 5.72. The number of hydrogen-bond acceptors (Lipinski definition) is 2. The monoisotopic (exact) mass is 486 g/mol. The first-order chi connectivity index (χ1) is 18.7. The van der Waals surface area contributed by atoms with E-state index in [9.17, 15) is 0 Å². The predicted octanol–water partition coefficient (Wildman–Crippen LogP) is 9.76. The Morgan fingerprint density at radius 3 is 2.08 bits per heavy atom. The van der Waals surface area contributed by atoms with E-state index >= 15 is 0 Å². The van der Waals surface area contributed by atoms with Crippen molar-refractivity contribution in [2.24, 2.45) is 0 Å². The maximum atomic E-state index is 5.20. The van der Waals surface area contributed by atoms with Crippen molar-refractivity contribution < 1.29 is 0 Å². The SMILES string of the molecule is C/C=C\c1c(C)c2ccccc2c2cc(-c3nc(-c4ccccc4)c4ccc5ccccc5c4n3)ccc12. The number of nitrogens with zero attached hydrogens (tertiary/aromatic N) is 2. The van der Waals surface area contributed by atoms with Crippen LogP contribution in [0.5, 0.6) is 0 Å². The van der Waals surface area contributed by atoms with E-state index in [2.05, 4.69) is 129 Å². The second-order valence-electron chi connectivity index (χ2n) is 9.79. The molecular formula is C36H26N2. The van der Waals surface area contributed by atoms with Crippen LogP contribution < -0.4 is 0 Å². The van der Waals surface area contributed by atoms with Gasteiger partial charge in [-0.15, -0.1) is 0 Å². The lowest BCUT2D eigenvalue weighted by Gasteiger charge is -2.15. The molecule has 2 heteroatoms. The van der Waals surface area contributed by atoms with Gasteiger partial charge in [0.25, 0.3) is 0 Å². The van der Waals surface area contributed by atoms with Crippen LogP contribution in [-0.4, -0.2) is 9.97 Å². The first-order valence-corrected chi connectivity index (χ1v) is 13.1. The average Bonchev–Trinajstić information content (AvgIpc) is 2.99. The molecule has 0 aliphatic carbocycles. The lowest BCUT2D eigenvalue weighted by atomic mass is 9.91. The van der Waals surface area contributed by atoms with Crippen molar-refractivity contribution in [1.82, 2.24) is 9.97 Å². The minimum atomic E-state index is 0.742. The Balaban J connectivity index is 1.57. The van der Waals surface area contributed by atoms with E-state index in [4.69, 9.17) is 9.97 Å². The van der Waals surface area contributed by atoms with Gasteiger partial charge in [-0.25, -0.2) is 9.97 Å². The molecule has 0 atom stereocenters. The van der Waals surface area contributed by atoms with Crippen molar-refractivity contribution in [1.29, 1.82) is 0 Å². The van der Waals surface area contributed by atoms with Crippen LogP contribution in [0.15, 0.2) is 115 Å². The minimum absolute atomic E-state index is 0.742. The number of fused-ring (bicyclic) bond motifs is 6. The Labute approximate surface area is 221 Å². The van der Waals surface area contributed by atoms with Gasteiger partial charge in [0.15, 0.2) is 5.82 Å². The van der Waals surface area contributed by atoms with Crippen LogP contribution in [0.2, 0.25) is 0 Å². The fraction of sp³-hybridized carbons (Fsp3) is 0.0556. The Morgan fingerprint density at radius 1 is 0.553 bits per heavy atom. The lowest BCUT2D eigenvalue weighted by Crippen LogP contribution is -1.96. The molecule has 0 bridgehead atoms. The molecule has 0 saturated carbocycles. The topological polar surface area (TPSA) is 25.8 Å². The van der Waals surface area contributed by atoms with Crippen molar-refractivity contribution in [2.45, 2.75) is 13.8 Å². The summed E-state index contributed by atoms with van der Waals surface area (Å²) in [6.07, 6.45) is 4.34. The standard InChI is InChI=1S/C36H26N2/c1-3-11-27-23(2)28-15-9-10-17-30(28)33-22-26(19-20-31(27)33)36-37-34(25-13-5-4-6-14-25)32-21-18-24-12-7-8-16-29(24)35(32)38-36/h3-22H,1-2H3/b11-3-. The van der Waals surface area contributed by atoms with Gasteiger partial charge < -0.3 is 0 Å². The fourth-order valence-corrected chi connectivity index (χ4v) is 5.72. The van der Waals surface area contributed by atoms with Crippen molar-refractivity contribution in [3.8, 4) is 22.6 Å². The summed E-state index contributed by atoms with van der Waals surface area (Å²) in [5.41, 5.74) is 6.62. The van der Waals surface area contributed by atoms with Crippen LogP contribution in [0.4, 0.5) is 0 Å². The molecule has 180 valence electrons. The molecule has 0 N–H and O–H groups in total. The molecule has 7 aromatic rings. The molecule has 0 spiro atoms. The van der Waals surface area contributed by atoms with Crippen molar-refractivity contribution in [2.75, 3.05) is 0 Å². The van der Waals surface area contributed by atoms with Gasteiger partial charge in [0.05, 0.1) is 11.2 Å². The van der Waals surface area contributed by atoms with E-state index in [1.54, 1.807) is 0 Å². The summed E-state index contributed by atoms with van der Waals surface area (Å²) in [6.45, 7) is 4.29. The summed E-state index contributed by atoms with van der Waals surface area (Å²) < 4.78 is 0. The summed E-state index contributed by atoms with van der Waals surface area (Å²) in [5.74, 6) is 0.742. The minimum Gasteiger partial charge on any atom is -0.227 e. The smallest absolute Gasteiger partial charge is 0.160 e. The predicted molar refractivity (Wildman–Crippen MR) is 162 cm³/mol. The highest BCUT2D eigenvalue weighted by molar-refractivity contribution is 6.14. The maximum absolute atomic E-state index is 5.20.